The van der Waals surface area contributed by atoms with Crippen molar-refractivity contribution >= 4 is 0 Å². The van der Waals surface area contributed by atoms with E-state index >= 15 is 0 Å². The Morgan fingerprint density at radius 3 is 2.72 bits per heavy atom. The summed E-state index contributed by atoms with van der Waals surface area (Å²) in [7, 11) is 4.28. The van der Waals surface area contributed by atoms with Gasteiger partial charge in [-0.1, -0.05) is 26.0 Å². The van der Waals surface area contributed by atoms with E-state index in [2.05, 4.69) is 57.9 Å². The zero-order valence-electron chi connectivity index (χ0n) is 12.3. The molecule has 3 atom stereocenters. The van der Waals surface area contributed by atoms with Crippen molar-refractivity contribution in [2.24, 2.45) is 17.3 Å². The lowest BCUT2D eigenvalue weighted by molar-refractivity contribution is 0.0503. The van der Waals surface area contributed by atoms with Gasteiger partial charge in [0.05, 0.1) is 17.8 Å². The van der Waals surface area contributed by atoms with Crippen LogP contribution in [0.4, 0.5) is 0 Å². The van der Waals surface area contributed by atoms with Crippen LogP contribution in [0.3, 0.4) is 0 Å². The molecular formula is C15H26N2O. The van der Waals surface area contributed by atoms with Gasteiger partial charge in [0.25, 0.3) is 0 Å². The minimum absolute atomic E-state index is 0.0378. The zero-order valence-corrected chi connectivity index (χ0v) is 12.3. The van der Waals surface area contributed by atoms with E-state index < -0.39 is 0 Å². The summed E-state index contributed by atoms with van der Waals surface area (Å²) in [6.07, 6.45) is 5.32. The summed E-state index contributed by atoms with van der Waals surface area (Å²) in [5.41, 5.74) is 4.81. The normalized spacial score (nSPS) is 36.9. The molecule has 0 heterocycles. The van der Waals surface area contributed by atoms with E-state index in [-0.39, 0.29) is 5.54 Å². The number of likely N-dealkylation sites (N-methyl/N-ethyl adjacent to an activating group) is 1. The lowest BCUT2D eigenvalue weighted by atomic mass is 9.84. The molecule has 3 heteroatoms. The Kier molecular flexibility index (Phi) is 3.32. The molecule has 18 heavy (non-hydrogen) atoms. The second kappa shape index (κ2) is 4.39. The quantitative estimate of drug-likeness (QED) is 0.461. The first-order valence-electron chi connectivity index (χ1n) is 6.72. The third kappa shape index (κ3) is 1.99. The number of hydroxylamine groups is 1. The van der Waals surface area contributed by atoms with Crippen molar-refractivity contribution in [3.05, 3.63) is 24.4 Å². The van der Waals surface area contributed by atoms with Gasteiger partial charge in [-0.3, -0.25) is 15.2 Å². The van der Waals surface area contributed by atoms with Crippen LogP contribution in [0, 0.1) is 17.3 Å². The lowest BCUT2D eigenvalue weighted by Gasteiger charge is -2.41. The maximum atomic E-state index is 5.44. The van der Waals surface area contributed by atoms with E-state index in [1.807, 2.05) is 0 Å². The number of allylic oxidation sites excluding steroid dienone is 1. The molecular weight excluding hydrogens is 224 g/mol. The van der Waals surface area contributed by atoms with Crippen LogP contribution in [-0.4, -0.2) is 31.1 Å². The minimum Gasteiger partial charge on any atom is -0.299 e. The molecule has 0 aromatic heterocycles. The van der Waals surface area contributed by atoms with E-state index in [0.717, 1.165) is 5.92 Å². The smallest absolute Gasteiger partial charge is 0.0924 e. The third-order valence-electron chi connectivity index (χ3n) is 5.05. The minimum atomic E-state index is 0.0378. The summed E-state index contributed by atoms with van der Waals surface area (Å²) in [5.74, 6) is 1.50. The van der Waals surface area contributed by atoms with Gasteiger partial charge in [0.15, 0.2) is 0 Å². The maximum Gasteiger partial charge on any atom is 0.0924 e. The molecule has 0 spiro atoms. The number of nitrogens with one attached hydrogen (secondary N) is 1. The summed E-state index contributed by atoms with van der Waals surface area (Å²) in [5, 5.41) is 0. The second-order valence-corrected chi connectivity index (χ2v) is 6.61. The fourth-order valence-electron chi connectivity index (χ4n) is 3.15. The Balaban J connectivity index is 2.17. The summed E-state index contributed by atoms with van der Waals surface area (Å²) < 4.78 is 0. The fourth-order valence-corrected chi connectivity index (χ4v) is 3.15. The van der Waals surface area contributed by atoms with Crippen molar-refractivity contribution < 1.29 is 4.84 Å². The van der Waals surface area contributed by atoms with Crippen molar-refractivity contribution in [2.75, 3.05) is 20.7 Å². The monoisotopic (exact) mass is 250 g/mol. The number of nitrogens with zero attached hydrogens (tertiary/aromatic N) is 1. The second-order valence-electron chi connectivity index (χ2n) is 6.61. The summed E-state index contributed by atoms with van der Waals surface area (Å²) in [6, 6.07) is 0. The van der Waals surface area contributed by atoms with Gasteiger partial charge in [-0.05, 0) is 44.7 Å². The van der Waals surface area contributed by atoms with Crippen molar-refractivity contribution in [3.8, 4) is 0 Å². The molecule has 0 bridgehead atoms. The number of hydrogen-bond acceptors (Lipinski definition) is 3. The molecule has 0 unspecified atom stereocenters. The van der Waals surface area contributed by atoms with Crippen LogP contribution < -0.4 is 5.48 Å². The molecule has 0 aliphatic heterocycles. The Hall–Kier alpha value is -0.800. The van der Waals surface area contributed by atoms with Crippen molar-refractivity contribution in [1.82, 2.24) is 10.4 Å². The fraction of sp³-hybridized carbons (Fsp3) is 0.733. The van der Waals surface area contributed by atoms with Crippen LogP contribution in [0.15, 0.2) is 24.4 Å². The van der Waals surface area contributed by atoms with Gasteiger partial charge in [-0.15, -0.1) is 6.58 Å². The van der Waals surface area contributed by atoms with E-state index in [4.69, 9.17) is 4.84 Å². The lowest BCUT2D eigenvalue weighted by Crippen LogP contribution is -2.49. The molecule has 0 radical (unpaired) electrons. The number of hydrogen-bond donors (Lipinski definition) is 1. The summed E-state index contributed by atoms with van der Waals surface area (Å²) in [6.45, 7) is 11.2. The highest BCUT2D eigenvalue weighted by Crippen LogP contribution is 2.65. The standard InChI is InChI=1S/C15H26N2O/c1-7-8-18-16-13-9-11-12(14(11,2)3)10-15(13,4)17(5)6/h7,9,11-12,16H,1,8,10H2,2-6H3/t11-,12+,15-/m1/s1. The van der Waals surface area contributed by atoms with Crippen molar-refractivity contribution in [2.45, 2.75) is 32.7 Å². The molecule has 3 nitrogen and oxygen atoms in total. The molecule has 2 rings (SSSR count). The highest BCUT2D eigenvalue weighted by Gasteiger charge is 2.61. The van der Waals surface area contributed by atoms with Crippen LogP contribution in [-0.2, 0) is 4.84 Å². The Bertz CT molecular complexity index is 373. The first kappa shape index (κ1) is 13.6. The van der Waals surface area contributed by atoms with Gasteiger partial charge < -0.3 is 0 Å². The predicted octanol–water partition coefficient (Wildman–Crippen LogP) is 2.57. The average Bonchev–Trinajstić information content (AvgIpc) is 2.80. The van der Waals surface area contributed by atoms with Gasteiger partial charge in [-0.2, -0.15) is 0 Å². The van der Waals surface area contributed by atoms with Crippen LogP contribution in [0.2, 0.25) is 0 Å². The first-order chi connectivity index (χ1) is 8.34. The molecule has 102 valence electrons. The Labute approximate surface area is 111 Å². The molecule has 1 saturated carbocycles. The molecule has 1 N–H and O–H groups in total. The number of rotatable bonds is 5. The third-order valence-corrected chi connectivity index (χ3v) is 5.05. The molecule has 2 aliphatic carbocycles. The van der Waals surface area contributed by atoms with Gasteiger partial charge in [-0.25, -0.2) is 0 Å². The largest absolute Gasteiger partial charge is 0.299 e. The van der Waals surface area contributed by atoms with E-state index in [0.29, 0.717) is 17.9 Å². The number of fused-ring (bicyclic) bond motifs is 1. The van der Waals surface area contributed by atoms with Crippen LogP contribution in [0.1, 0.15) is 27.2 Å². The van der Waals surface area contributed by atoms with Gasteiger partial charge in [0, 0.05) is 0 Å². The highest BCUT2D eigenvalue weighted by molar-refractivity contribution is 5.31. The van der Waals surface area contributed by atoms with Gasteiger partial charge in [0.2, 0.25) is 0 Å². The first-order valence-corrected chi connectivity index (χ1v) is 6.72. The summed E-state index contributed by atoms with van der Waals surface area (Å²) >= 11 is 0. The Morgan fingerprint density at radius 2 is 2.17 bits per heavy atom. The van der Waals surface area contributed by atoms with Crippen LogP contribution in [0.5, 0.6) is 0 Å². The molecule has 0 amide bonds. The maximum absolute atomic E-state index is 5.44. The van der Waals surface area contributed by atoms with E-state index in [9.17, 15) is 0 Å². The highest BCUT2D eigenvalue weighted by atomic mass is 16.6. The molecule has 0 saturated heterocycles. The topological polar surface area (TPSA) is 24.5 Å². The molecule has 0 aromatic carbocycles. The van der Waals surface area contributed by atoms with Gasteiger partial charge >= 0.3 is 0 Å². The van der Waals surface area contributed by atoms with E-state index in [1.165, 1.54) is 12.1 Å². The zero-order chi connectivity index (χ0) is 13.6. The molecule has 2 aliphatic rings. The van der Waals surface area contributed by atoms with Crippen LogP contribution >= 0.6 is 0 Å². The predicted molar refractivity (Wildman–Crippen MR) is 74.8 cm³/mol. The van der Waals surface area contributed by atoms with Crippen molar-refractivity contribution in [3.63, 3.8) is 0 Å². The van der Waals surface area contributed by atoms with Crippen LogP contribution in [0.25, 0.3) is 0 Å². The Morgan fingerprint density at radius 1 is 1.50 bits per heavy atom. The van der Waals surface area contributed by atoms with Crippen molar-refractivity contribution in [1.29, 1.82) is 0 Å². The van der Waals surface area contributed by atoms with E-state index in [1.54, 1.807) is 6.08 Å². The average molecular weight is 250 g/mol. The molecule has 0 aromatic rings. The SMILES string of the molecule is C=CCONC1=C[C@@H]2[C@H](C[C@@]1(C)N(C)C)C2(C)C. The molecule has 1 fully saturated rings. The van der Waals surface area contributed by atoms with Gasteiger partial charge in [0.1, 0.15) is 0 Å². The summed E-state index contributed by atoms with van der Waals surface area (Å²) in [4.78, 5) is 7.73.